The van der Waals surface area contributed by atoms with Crippen LogP contribution in [0.1, 0.15) is 13.8 Å². The lowest BCUT2D eigenvalue weighted by Crippen LogP contribution is -2.43. The Morgan fingerprint density at radius 3 is 2.47 bits per heavy atom. The Morgan fingerprint density at radius 1 is 1.47 bits per heavy atom. The molecule has 0 bridgehead atoms. The fraction of sp³-hybridized carbons (Fsp3) is 0.889. The molecule has 1 heterocycles. The third-order valence-electron chi connectivity index (χ3n) is 2.70. The van der Waals surface area contributed by atoms with Gasteiger partial charge in [-0.2, -0.15) is 0 Å². The second-order valence-electron chi connectivity index (χ2n) is 4.27. The van der Waals surface area contributed by atoms with Gasteiger partial charge in [0.25, 0.3) is 0 Å². The molecule has 0 aliphatic carbocycles. The van der Waals surface area contributed by atoms with E-state index < -0.39 is 18.0 Å². The Morgan fingerprint density at radius 2 is 2.07 bits per heavy atom. The van der Waals surface area contributed by atoms with Crippen molar-refractivity contribution in [2.24, 2.45) is 5.41 Å². The van der Waals surface area contributed by atoms with Gasteiger partial charge in [0.05, 0.1) is 12.0 Å². The van der Waals surface area contributed by atoms with Crippen LogP contribution in [0.25, 0.3) is 0 Å². The van der Waals surface area contributed by atoms with Crippen molar-refractivity contribution < 1.29 is 18.0 Å². The third-order valence-corrected chi connectivity index (χ3v) is 2.70. The van der Waals surface area contributed by atoms with Crippen molar-refractivity contribution in [3.63, 3.8) is 0 Å². The molecule has 0 aromatic rings. The first kappa shape index (κ1) is 12.1. The van der Waals surface area contributed by atoms with E-state index in [9.17, 15) is 18.0 Å². The maximum Gasteiger partial charge on any atom is 0.317 e. The molecule has 1 atom stereocenters. The minimum absolute atomic E-state index is 0.275. The number of hydrogen-bond acceptors (Lipinski definition) is 1. The van der Waals surface area contributed by atoms with Crippen molar-refractivity contribution in [2.45, 2.75) is 26.4 Å². The standard InChI is InChI=1S/C9H15F3N2O/c1-9(2,7(11)12)6(10)5-14-4-3-13-8(14)15/h6-7H,3-5H2,1-2H3,(H,13,15). The van der Waals surface area contributed by atoms with Crippen LogP contribution >= 0.6 is 0 Å². The Balaban J connectivity index is 2.54. The molecule has 3 nitrogen and oxygen atoms in total. The van der Waals surface area contributed by atoms with Crippen molar-refractivity contribution in [1.29, 1.82) is 0 Å². The maximum absolute atomic E-state index is 13.6. The fourth-order valence-corrected chi connectivity index (χ4v) is 1.25. The number of nitrogens with zero attached hydrogens (tertiary/aromatic N) is 1. The Kier molecular flexibility index (Phi) is 3.46. The van der Waals surface area contributed by atoms with E-state index in [1.807, 2.05) is 0 Å². The van der Waals surface area contributed by atoms with Gasteiger partial charge in [-0.3, -0.25) is 0 Å². The molecule has 0 spiro atoms. The van der Waals surface area contributed by atoms with Crippen molar-refractivity contribution >= 4 is 6.03 Å². The second-order valence-corrected chi connectivity index (χ2v) is 4.27. The van der Waals surface area contributed by atoms with Crippen LogP contribution < -0.4 is 5.32 Å². The number of amides is 2. The van der Waals surface area contributed by atoms with E-state index in [4.69, 9.17) is 0 Å². The molecule has 1 aliphatic heterocycles. The highest BCUT2D eigenvalue weighted by atomic mass is 19.3. The predicted molar refractivity (Wildman–Crippen MR) is 49.7 cm³/mol. The molecule has 0 radical (unpaired) electrons. The molecule has 0 saturated carbocycles. The van der Waals surface area contributed by atoms with Crippen molar-refractivity contribution in [2.75, 3.05) is 19.6 Å². The average molecular weight is 224 g/mol. The zero-order valence-corrected chi connectivity index (χ0v) is 8.77. The Bertz CT molecular complexity index is 246. The summed E-state index contributed by atoms with van der Waals surface area (Å²) < 4.78 is 38.5. The summed E-state index contributed by atoms with van der Waals surface area (Å²) in [6.07, 6.45) is -4.46. The molecule has 0 aromatic carbocycles. The lowest BCUT2D eigenvalue weighted by atomic mass is 9.88. The zero-order chi connectivity index (χ0) is 11.6. The van der Waals surface area contributed by atoms with E-state index in [1.54, 1.807) is 0 Å². The minimum atomic E-state index is -2.74. The lowest BCUT2D eigenvalue weighted by molar-refractivity contribution is -0.0398. The van der Waals surface area contributed by atoms with E-state index in [-0.39, 0.29) is 12.6 Å². The summed E-state index contributed by atoms with van der Waals surface area (Å²) in [4.78, 5) is 12.3. The molecular formula is C9H15F3N2O. The molecule has 1 unspecified atom stereocenters. The van der Waals surface area contributed by atoms with Gasteiger partial charge < -0.3 is 10.2 Å². The first-order chi connectivity index (χ1) is 6.85. The number of halogens is 3. The van der Waals surface area contributed by atoms with Gasteiger partial charge in [-0.15, -0.1) is 0 Å². The minimum Gasteiger partial charge on any atom is -0.336 e. The largest absolute Gasteiger partial charge is 0.336 e. The third kappa shape index (κ3) is 2.54. The molecule has 6 heteroatoms. The molecule has 2 amide bonds. The molecule has 1 N–H and O–H groups in total. The summed E-state index contributed by atoms with van der Waals surface area (Å²) in [5.41, 5.74) is -1.72. The Hall–Kier alpha value is -0.940. The highest BCUT2D eigenvalue weighted by Gasteiger charge is 2.40. The quantitative estimate of drug-likeness (QED) is 0.773. The van der Waals surface area contributed by atoms with Gasteiger partial charge in [0, 0.05) is 13.1 Å². The summed E-state index contributed by atoms with van der Waals surface area (Å²) in [5, 5.41) is 2.49. The number of carbonyl (C=O) groups excluding carboxylic acids is 1. The zero-order valence-electron chi connectivity index (χ0n) is 8.77. The number of carbonyl (C=O) groups is 1. The van der Waals surface area contributed by atoms with Crippen LogP contribution in [0.15, 0.2) is 0 Å². The van der Waals surface area contributed by atoms with Crippen LogP contribution in [0.3, 0.4) is 0 Å². The summed E-state index contributed by atoms with van der Waals surface area (Å²) in [6.45, 7) is 2.87. The number of nitrogens with one attached hydrogen (secondary N) is 1. The van der Waals surface area contributed by atoms with Crippen molar-refractivity contribution in [1.82, 2.24) is 10.2 Å². The first-order valence-corrected chi connectivity index (χ1v) is 4.80. The average Bonchev–Trinajstić information content (AvgIpc) is 2.51. The second kappa shape index (κ2) is 4.28. The maximum atomic E-state index is 13.6. The van der Waals surface area contributed by atoms with E-state index in [0.29, 0.717) is 13.1 Å². The van der Waals surface area contributed by atoms with Gasteiger partial charge in [-0.25, -0.2) is 18.0 Å². The van der Waals surface area contributed by atoms with Crippen molar-refractivity contribution in [3.8, 4) is 0 Å². The summed E-state index contributed by atoms with van der Waals surface area (Å²) in [7, 11) is 0. The van der Waals surface area contributed by atoms with Gasteiger partial charge in [0.1, 0.15) is 6.17 Å². The van der Waals surface area contributed by atoms with Crippen LogP contribution in [-0.4, -0.2) is 43.2 Å². The van der Waals surface area contributed by atoms with Crippen LogP contribution in [0.4, 0.5) is 18.0 Å². The van der Waals surface area contributed by atoms with Crippen LogP contribution in [0, 0.1) is 5.41 Å². The smallest absolute Gasteiger partial charge is 0.317 e. The molecule has 1 rings (SSSR count). The van der Waals surface area contributed by atoms with Gasteiger partial charge in [-0.05, 0) is 0 Å². The number of alkyl halides is 3. The normalized spacial score (nSPS) is 19.6. The van der Waals surface area contributed by atoms with Gasteiger partial charge in [0.2, 0.25) is 6.43 Å². The molecule has 0 aromatic heterocycles. The highest BCUT2D eigenvalue weighted by molar-refractivity contribution is 5.76. The molecule has 1 aliphatic rings. The molecular weight excluding hydrogens is 209 g/mol. The summed E-state index contributed by atoms with van der Waals surface area (Å²) >= 11 is 0. The van der Waals surface area contributed by atoms with Crippen LogP contribution in [-0.2, 0) is 0 Å². The summed E-state index contributed by atoms with van der Waals surface area (Å²) in [5.74, 6) is 0. The molecule has 1 fully saturated rings. The van der Waals surface area contributed by atoms with Gasteiger partial charge >= 0.3 is 6.03 Å². The van der Waals surface area contributed by atoms with Gasteiger partial charge in [-0.1, -0.05) is 13.8 Å². The molecule has 15 heavy (non-hydrogen) atoms. The lowest BCUT2D eigenvalue weighted by Gasteiger charge is -2.30. The van der Waals surface area contributed by atoms with E-state index in [1.165, 1.54) is 4.90 Å². The first-order valence-electron chi connectivity index (χ1n) is 4.80. The van der Waals surface area contributed by atoms with Crippen LogP contribution in [0.5, 0.6) is 0 Å². The van der Waals surface area contributed by atoms with Crippen LogP contribution in [0.2, 0.25) is 0 Å². The molecule has 88 valence electrons. The monoisotopic (exact) mass is 224 g/mol. The Labute approximate surface area is 86.6 Å². The number of hydrogen-bond donors (Lipinski definition) is 1. The molecule has 1 saturated heterocycles. The number of rotatable bonds is 4. The topological polar surface area (TPSA) is 32.3 Å². The van der Waals surface area contributed by atoms with E-state index >= 15 is 0 Å². The van der Waals surface area contributed by atoms with Gasteiger partial charge in [0.15, 0.2) is 0 Å². The SMILES string of the molecule is CC(C)(C(F)F)C(F)CN1CCNC1=O. The predicted octanol–water partition coefficient (Wildman–Crippen LogP) is 1.64. The van der Waals surface area contributed by atoms with Crippen molar-refractivity contribution in [3.05, 3.63) is 0 Å². The highest BCUT2D eigenvalue weighted by Crippen LogP contribution is 2.31. The van der Waals surface area contributed by atoms with E-state index in [2.05, 4.69) is 5.32 Å². The summed E-state index contributed by atoms with van der Waals surface area (Å²) in [6, 6.07) is -0.386. The van der Waals surface area contributed by atoms with E-state index in [0.717, 1.165) is 13.8 Å². The fourth-order valence-electron chi connectivity index (χ4n) is 1.25. The number of urea groups is 1.